The van der Waals surface area contributed by atoms with E-state index in [0.29, 0.717) is 122 Å². The van der Waals surface area contributed by atoms with Crippen molar-refractivity contribution in [2.45, 2.75) is 49.2 Å². The van der Waals surface area contributed by atoms with Crippen LogP contribution < -0.4 is 50.0 Å². The van der Waals surface area contributed by atoms with Crippen molar-refractivity contribution in [2.24, 2.45) is 0 Å². The highest BCUT2D eigenvalue weighted by Crippen LogP contribution is 2.46. The summed E-state index contributed by atoms with van der Waals surface area (Å²) < 4.78 is 79.2. The summed E-state index contributed by atoms with van der Waals surface area (Å²) in [6, 6.07) is 5.00. The number of amides is 2. The van der Waals surface area contributed by atoms with Crippen LogP contribution in [0.25, 0.3) is 44.6 Å². The Morgan fingerprint density at radius 1 is 0.650 bits per heavy atom. The zero-order chi connectivity index (χ0) is 56.2. The quantitative estimate of drug-likeness (QED) is 0.0465. The normalized spacial score (nSPS) is 20.8. The van der Waals surface area contributed by atoms with Crippen LogP contribution in [0.15, 0.2) is 62.0 Å². The lowest BCUT2D eigenvalue weighted by molar-refractivity contribution is -0.118. The number of pyridine rings is 2. The van der Waals surface area contributed by atoms with Crippen LogP contribution in [0.4, 0.5) is 32.1 Å². The number of nitrogens with one attached hydrogen (secondary N) is 4. The minimum absolute atomic E-state index is 0.0191. The first-order chi connectivity index (χ1) is 38.8. The molecule has 4 saturated heterocycles. The van der Waals surface area contributed by atoms with Gasteiger partial charge in [0, 0.05) is 56.2 Å². The van der Waals surface area contributed by atoms with Gasteiger partial charge in [-0.3, -0.25) is 9.59 Å². The number of anilines is 4. The number of benzene rings is 2. The van der Waals surface area contributed by atoms with Gasteiger partial charge >= 0.3 is 0 Å². The molecule has 22 nitrogen and oxygen atoms in total. The fourth-order valence-corrected chi connectivity index (χ4v) is 10.8. The van der Waals surface area contributed by atoms with Crippen LogP contribution in [0.1, 0.15) is 12.8 Å². The van der Waals surface area contributed by atoms with E-state index >= 15 is 8.78 Å². The van der Waals surface area contributed by atoms with Crippen molar-refractivity contribution in [1.29, 1.82) is 0 Å². The maximum Gasteiger partial charge on any atom is 0.243 e. The number of fused-ring (bicyclic) bond motifs is 2. The third-order valence-electron chi connectivity index (χ3n) is 14.3. The zero-order valence-electron chi connectivity index (χ0n) is 44.2. The molecule has 4 aromatic heterocycles. The molecular weight excluding hydrogens is 1090 g/mol. The van der Waals surface area contributed by atoms with Crippen LogP contribution in [0.5, 0.6) is 23.0 Å². The van der Waals surface area contributed by atoms with E-state index in [2.05, 4.69) is 49.4 Å². The van der Waals surface area contributed by atoms with Gasteiger partial charge in [-0.05, 0) is 37.1 Å². The van der Waals surface area contributed by atoms with Crippen LogP contribution in [-0.4, -0.2) is 172 Å². The zero-order valence-corrected chi connectivity index (χ0v) is 45.7. The Balaban J connectivity index is 0.887. The predicted molar refractivity (Wildman–Crippen MR) is 296 cm³/mol. The van der Waals surface area contributed by atoms with Gasteiger partial charge in [0.25, 0.3) is 0 Å². The summed E-state index contributed by atoms with van der Waals surface area (Å²) in [5.41, 5.74) is 0.519. The van der Waals surface area contributed by atoms with E-state index in [9.17, 15) is 9.59 Å². The van der Waals surface area contributed by atoms with Crippen molar-refractivity contribution in [1.82, 2.24) is 40.5 Å². The average Bonchev–Trinajstić information content (AvgIpc) is 4.41. The lowest BCUT2D eigenvalue weighted by Gasteiger charge is -2.23. The topological polar surface area (TPSA) is 240 Å². The van der Waals surface area contributed by atoms with Crippen LogP contribution in [0.2, 0.25) is 10.0 Å². The molecule has 2 unspecified atom stereocenters. The lowest BCUT2D eigenvalue weighted by Crippen LogP contribution is -2.45. The number of methoxy groups -OCH3 is 4. The Morgan fingerprint density at radius 3 is 1.62 bits per heavy atom. The third kappa shape index (κ3) is 11.6. The van der Waals surface area contributed by atoms with Gasteiger partial charge in [-0.1, -0.05) is 36.4 Å². The molecular formula is C54H58Cl2F2N12O10. The van der Waals surface area contributed by atoms with Crippen LogP contribution >= 0.6 is 23.2 Å². The van der Waals surface area contributed by atoms with E-state index in [1.165, 1.54) is 39.7 Å². The Labute approximate surface area is 468 Å². The van der Waals surface area contributed by atoms with Crippen molar-refractivity contribution in [3.8, 4) is 45.8 Å². The molecule has 4 aliphatic rings. The van der Waals surface area contributed by atoms with Crippen molar-refractivity contribution in [3.05, 3.63) is 83.6 Å². The number of hydrogen-bond donors (Lipinski definition) is 4. The van der Waals surface area contributed by atoms with Gasteiger partial charge in [-0.25, -0.2) is 38.7 Å². The number of ether oxygens (including phenoxy) is 8. The summed E-state index contributed by atoms with van der Waals surface area (Å²) in [6.45, 7) is 10.1. The van der Waals surface area contributed by atoms with E-state index in [4.69, 9.17) is 76.0 Å². The Morgan fingerprint density at radius 2 is 1.12 bits per heavy atom. The summed E-state index contributed by atoms with van der Waals surface area (Å²) in [4.78, 5) is 57.0. The van der Waals surface area contributed by atoms with E-state index in [-0.39, 0.29) is 100 Å². The second kappa shape index (κ2) is 24.5. The number of carbonyl (C=O) groups is 2. The van der Waals surface area contributed by atoms with Crippen molar-refractivity contribution < 1.29 is 56.3 Å². The number of rotatable bonds is 21. The van der Waals surface area contributed by atoms with Gasteiger partial charge in [-0.15, -0.1) is 0 Å². The summed E-state index contributed by atoms with van der Waals surface area (Å²) in [6.07, 6.45) is 6.31. The highest BCUT2D eigenvalue weighted by Gasteiger charge is 2.34. The molecule has 0 radical (unpaired) electrons. The smallest absolute Gasteiger partial charge is 0.243 e. The molecule has 0 aliphatic carbocycles. The molecule has 4 N–H and O–H groups in total. The molecule has 4 fully saturated rings. The third-order valence-corrected chi connectivity index (χ3v) is 15.0. The maximum absolute atomic E-state index is 16.9. The fourth-order valence-electron chi connectivity index (χ4n) is 10.1. The highest BCUT2D eigenvalue weighted by molar-refractivity contribution is 6.41. The largest absolute Gasteiger partial charge is 0.495 e. The number of nitrogens with zero attached hydrogens (tertiary/aromatic N) is 8. The molecule has 0 saturated carbocycles. The van der Waals surface area contributed by atoms with Gasteiger partial charge in [0.05, 0.1) is 135 Å². The minimum Gasteiger partial charge on any atom is -0.495 e. The van der Waals surface area contributed by atoms with E-state index in [1.807, 2.05) is 15.9 Å². The van der Waals surface area contributed by atoms with Crippen molar-refractivity contribution >= 4 is 80.1 Å². The molecule has 6 atom stereocenters. The van der Waals surface area contributed by atoms with E-state index in [1.54, 1.807) is 25.4 Å². The van der Waals surface area contributed by atoms with Gasteiger partial charge < -0.3 is 69.0 Å². The van der Waals surface area contributed by atoms with E-state index in [0.717, 1.165) is 6.07 Å². The molecule has 2 amide bonds. The predicted octanol–water partition coefficient (Wildman–Crippen LogP) is 6.17. The highest BCUT2D eigenvalue weighted by atomic mass is 35.5. The second-order valence-corrected chi connectivity index (χ2v) is 19.9. The van der Waals surface area contributed by atoms with Gasteiger partial charge in [0.2, 0.25) is 11.8 Å². The number of hydrogen-bond acceptors (Lipinski definition) is 20. The van der Waals surface area contributed by atoms with E-state index < -0.39 is 17.2 Å². The average molecular weight is 1140 g/mol. The van der Waals surface area contributed by atoms with Gasteiger partial charge in [-0.2, -0.15) is 0 Å². The molecule has 2 aromatic carbocycles. The number of aromatic nitrogens is 6. The van der Waals surface area contributed by atoms with Crippen molar-refractivity contribution in [2.75, 3.05) is 115 Å². The summed E-state index contributed by atoms with van der Waals surface area (Å²) >= 11 is 13.8. The minimum atomic E-state index is -1.04. The summed E-state index contributed by atoms with van der Waals surface area (Å²) in [5.74, 6) is -0.910. The molecule has 80 heavy (non-hydrogen) atoms. The number of carbonyl (C=O) groups excluding carboxylic acids is 2. The molecule has 0 bridgehead atoms. The van der Waals surface area contributed by atoms with Crippen LogP contribution in [-0.2, 0) is 28.5 Å². The van der Waals surface area contributed by atoms with Gasteiger partial charge in [0.1, 0.15) is 41.4 Å². The standard InChI is InChI=1S/C54H58Cl2F2N12O10/c1-7-43(71)63-35-25-77-23-33(35)61-41-15-29-31(19-59-41)65-51(45-47(55)37(74-4)17-38(75-5)48(45)56)67-53(29)70-12-10-28(22-70)79-13-14-80-40-18-39(76-6)49(57)46(50(40)58)52-66-32-20-60-42(62-34-24-78-26-36(34)64-44(72)8-2)16-30(32)54(68-52)69-11-9-27(21-69)73-3/h7-8,15-20,27-28,33-36H,1-2,9-14,21-26H2,3-6H3,(H,59,61)(H,60,62)(H,63,71)(H,64,72)/t27?,28?,33-,34-,35+,36+/m1/s1. The first-order valence-electron chi connectivity index (χ1n) is 25.6. The Bertz CT molecular complexity index is 3320. The van der Waals surface area contributed by atoms with Gasteiger partial charge in [0.15, 0.2) is 34.8 Å². The van der Waals surface area contributed by atoms with Crippen LogP contribution in [0, 0.1) is 11.6 Å². The molecule has 0 spiro atoms. The lowest BCUT2D eigenvalue weighted by atomic mass is 10.1. The second-order valence-electron chi connectivity index (χ2n) is 19.2. The molecule has 8 heterocycles. The summed E-state index contributed by atoms with van der Waals surface area (Å²) in [7, 11) is 5.84. The molecule has 422 valence electrons. The Kier molecular flexibility index (Phi) is 17.1. The molecule has 6 aromatic rings. The monoisotopic (exact) mass is 1140 g/mol. The SMILES string of the molecule is C=CC(=O)N[C@H]1COC[C@H]1Nc1cc2c(N3CCC(OC)C3)nc(-c3c(F)c(OC)cc(OCCOC4CCN(c5nc(-c6c(Cl)c(OC)cc(OC)c6Cl)nc6cnc(N[C@@H]7COC[C@@H]7NC(=O)C=C)cc56)C4)c3F)nc2cn1. The fraction of sp³-hybridized carbons (Fsp3) is 0.407. The van der Waals surface area contributed by atoms with Crippen molar-refractivity contribution in [3.63, 3.8) is 0 Å². The molecule has 10 rings (SSSR count). The maximum atomic E-state index is 16.9. The number of halogens is 4. The van der Waals surface area contributed by atoms with Crippen LogP contribution in [0.3, 0.4) is 0 Å². The molecule has 4 aliphatic heterocycles. The summed E-state index contributed by atoms with van der Waals surface area (Å²) in [5, 5.41) is 14.1. The Hall–Kier alpha value is -7.48. The first-order valence-corrected chi connectivity index (χ1v) is 26.4. The first kappa shape index (κ1) is 55.8. The molecule has 26 heteroatoms.